The van der Waals surface area contributed by atoms with Crippen LogP contribution in [0.2, 0.25) is 0 Å². The van der Waals surface area contributed by atoms with Crippen LogP contribution in [0.15, 0.2) is 4.99 Å². The molecule has 19 heavy (non-hydrogen) atoms. The summed E-state index contributed by atoms with van der Waals surface area (Å²) in [6, 6.07) is 0.622. The van der Waals surface area contributed by atoms with Crippen molar-refractivity contribution in [2.24, 2.45) is 16.6 Å². The molecule has 1 heterocycles. The molecule has 0 radical (unpaired) electrons. The fourth-order valence-electron chi connectivity index (χ4n) is 2.19. The van der Waals surface area contributed by atoms with Crippen LogP contribution in [0.1, 0.15) is 40.0 Å². The number of rotatable bonds is 5. The fourth-order valence-corrected chi connectivity index (χ4v) is 2.19. The van der Waals surface area contributed by atoms with Gasteiger partial charge in [0.25, 0.3) is 0 Å². The highest BCUT2D eigenvalue weighted by Gasteiger charge is 2.16. The molecule has 1 atom stereocenters. The Bertz CT molecular complexity index is 262. The molecule has 1 unspecified atom stereocenters. The first kappa shape index (κ1) is 19.0. The topological polar surface area (TPSA) is 44.9 Å². The van der Waals surface area contributed by atoms with Gasteiger partial charge in [0.05, 0.1) is 6.54 Å². The molecule has 1 aliphatic rings. The first-order valence-corrected chi connectivity index (χ1v) is 7.29. The molecule has 4 nitrogen and oxygen atoms in total. The second-order valence-electron chi connectivity index (χ2n) is 5.65. The van der Waals surface area contributed by atoms with E-state index >= 15 is 0 Å². The molecule has 114 valence electrons. The summed E-state index contributed by atoms with van der Waals surface area (Å²) in [5.41, 5.74) is 6.05. The maximum Gasteiger partial charge on any atom is 0.191 e. The Hall–Kier alpha value is -0.0400. The third-order valence-corrected chi connectivity index (χ3v) is 4.18. The molecule has 0 amide bonds. The number of nitrogens with zero attached hydrogens (tertiary/aromatic N) is 3. The standard InChI is InChI=1S/C14H30N4.HI/c1-5-13(3)17(4)11-8-16-14(15)18-9-6-12(2)7-10-18;/h12-13H,5-11H2,1-4H3,(H2,15,16);1H. The Kier molecular flexibility index (Phi) is 9.78. The molecule has 0 saturated carbocycles. The highest BCUT2D eigenvalue weighted by atomic mass is 127. The van der Waals surface area contributed by atoms with Crippen molar-refractivity contribution >= 4 is 29.9 Å². The molecule has 1 fully saturated rings. The number of likely N-dealkylation sites (tertiary alicyclic amines) is 1. The van der Waals surface area contributed by atoms with Gasteiger partial charge in [-0.2, -0.15) is 0 Å². The van der Waals surface area contributed by atoms with E-state index in [1.807, 2.05) is 0 Å². The van der Waals surface area contributed by atoms with Crippen LogP contribution in [0, 0.1) is 5.92 Å². The predicted octanol–water partition coefficient (Wildman–Crippen LogP) is 2.38. The molecule has 1 aliphatic heterocycles. The van der Waals surface area contributed by atoms with Gasteiger partial charge in [-0.3, -0.25) is 4.99 Å². The maximum absolute atomic E-state index is 6.05. The molecule has 0 aromatic rings. The Morgan fingerprint density at radius 3 is 2.53 bits per heavy atom. The molecule has 0 bridgehead atoms. The number of aliphatic imine (C=N–C) groups is 1. The van der Waals surface area contributed by atoms with Gasteiger partial charge in [0, 0.05) is 25.7 Å². The molecule has 0 aromatic carbocycles. The molecule has 0 aliphatic carbocycles. The molecule has 0 spiro atoms. The number of halogens is 1. The Morgan fingerprint density at radius 1 is 1.42 bits per heavy atom. The number of hydrogen-bond acceptors (Lipinski definition) is 2. The fraction of sp³-hybridized carbons (Fsp3) is 0.929. The van der Waals surface area contributed by atoms with Crippen molar-refractivity contribution in [3.8, 4) is 0 Å². The van der Waals surface area contributed by atoms with E-state index in [-0.39, 0.29) is 24.0 Å². The van der Waals surface area contributed by atoms with Crippen molar-refractivity contribution in [2.45, 2.75) is 46.1 Å². The number of hydrogen-bond donors (Lipinski definition) is 1. The number of likely N-dealkylation sites (N-methyl/N-ethyl adjacent to an activating group) is 1. The van der Waals surface area contributed by atoms with E-state index in [9.17, 15) is 0 Å². The predicted molar refractivity (Wildman–Crippen MR) is 94.3 cm³/mol. The van der Waals surface area contributed by atoms with Gasteiger partial charge >= 0.3 is 0 Å². The van der Waals surface area contributed by atoms with E-state index in [0.29, 0.717) is 6.04 Å². The van der Waals surface area contributed by atoms with Crippen molar-refractivity contribution in [3.63, 3.8) is 0 Å². The third-order valence-electron chi connectivity index (χ3n) is 4.18. The molecule has 1 saturated heterocycles. The molecule has 2 N–H and O–H groups in total. The van der Waals surface area contributed by atoms with Gasteiger partial charge < -0.3 is 15.5 Å². The van der Waals surface area contributed by atoms with Gasteiger partial charge in [-0.15, -0.1) is 24.0 Å². The molecule has 1 rings (SSSR count). The number of piperidine rings is 1. The summed E-state index contributed by atoms with van der Waals surface area (Å²) in [4.78, 5) is 9.08. The van der Waals surface area contributed by atoms with E-state index in [2.05, 4.69) is 42.6 Å². The van der Waals surface area contributed by atoms with E-state index in [4.69, 9.17) is 5.73 Å². The second-order valence-corrected chi connectivity index (χ2v) is 5.65. The highest BCUT2D eigenvalue weighted by molar-refractivity contribution is 14.0. The summed E-state index contributed by atoms with van der Waals surface area (Å²) in [5.74, 6) is 1.57. The van der Waals surface area contributed by atoms with Crippen LogP contribution in [-0.4, -0.2) is 55.0 Å². The zero-order valence-corrected chi connectivity index (χ0v) is 15.3. The van der Waals surface area contributed by atoms with E-state index < -0.39 is 0 Å². The summed E-state index contributed by atoms with van der Waals surface area (Å²) in [5, 5.41) is 0. The summed E-state index contributed by atoms with van der Waals surface area (Å²) in [6.07, 6.45) is 3.66. The lowest BCUT2D eigenvalue weighted by Gasteiger charge is -2.31. The average molecular weight is 382 g/mol. The van der Waals surface area contributed by atoms with Gasteiger partial charge in [-0.05, 0) is 39.2 Å². The second kappa shape index (κ2) is 9.80. The van der Waals surface area contributed by atoms with Crippen LogP contribution >= 0.6 is 24.0 Å². The number of guanidine groups is 1. The van der Waals surface area contributed by atoms with E-state index in [1.165, 1.54) is 19.3 Å². The van der Waals surface area contributed by atoms with Crippen LogP contribution in [0.25, 0.3) is 0 Å². The van der Waals surface area contributed by atoms with Crippen LogP contribution in [-0.2, 0) is 0 Å². The SMILES string of the molecule is CCC(C)N(C)CCN=C(N)N1CCC(C)CC1.I. The van der Waals surface area contributed by atoms with E-state index in [0.717, 1.165) is 38.1 Å². The van der Waals surface area contributed by atoms with Gasteiger partial charge in [-0.1, -0.05) is 13.8 Å². The minimum Gasteiger partial charge on any atom is -0.370 e. The van der Waals surface area contributed by atoms with Crippen molar-refractivity contribution in [1.82, 2.24) is 9.80 Å². The van der Waals surface area contributed by atoms with Crippen LogP contribution in [0.3, 0.4) is 0 Å². The smallest absolute Gasteiger partial charge is 0.191 e. The Labute approximate surface area is 135 Å². The van der Waals surface area contributed by atoms with Crippen molar-refractivity contribution < 1.29 is 0 Å². The normalized spacial score (nSPS) is 19.4. The van der Waals surface area contributed by atoms with Gasteiger partial charge in [0.2, 0.25) is 0 Å². The van der Waals surface area contributed by atoms with Gasteiger partial charge in [0.1, 0.15) is 0 Å². The summed E-state index contributed by atoms with van der Waals surface area (Å²) in [6.45, 7) is 10.7. The van der Waals surface area contributed by atoms with Crippen LogP contribution < -0.4 is 5.73 Å². The van der Waals surface area contributed by atoms with Gasteiger partial charge in [-0.25, -0.2) is 0 Å². The lowest BCUT2D eigenvalue weighted by Crippen LogP contribution is -2.43. The Morgan fingerprint density at radius 2 is 2.00 bits per heavy atom. The first-order valence-electron chi connectivity index (χ1n) is 7.29. The van der Waals surface area contributed by atoms with Crippen LogP contribution in [0.4, 0.5) is 0 Å². The maximum atomic E-state index is 6.05. The lowest BCUT2D eigenvalue weighted by molar-refractivity contribution is 0.256. The minimum atomic E-state index is 0. The Balaban J connectivity index is 0.00000324. The van der Waals surface area contributed by atoms with Crippen LogP contribution in [0.5, 0.6) is 0 Å². The monoisotopic (exact) mass is 382 g/mol. The zero-order chi connectivity index (χ0) is 13.5. The highest BCUT2D eigenvalue weighted by Crippen LogP contribution is 2.15. The third kappa shape index (κ3) is 6.79. The zero-order valence-electron chi connectivity index (χ0n) is 12.9. The average Bonchev–Trinajstić information content (AvgIpc) is 2.38. The lowest BCUT2D eigenvalue weighted by atomic mass is 10.00. The molecular formula is C14H31IN4. The van der Waals surface area contributed by atoms with Crippen molar-refractivity contribution in [2.75, 3.05) is 33.2 Å². The number of nitrogens with two attached hydrogens (primary N) is 1. The van der Waals surface area contributed by atoms with Crippen molar-refractivity contribution in [3.05, 3.63) is 0 Å². The summed E-state index contributed by atoms with van der Waals surface area (Å²) < 4.78 is 0. The van der Waals surface area contributed by atoms with Crippen molar-refractivity contribution in [1.29, 1.82) is 0 Å². The summed E-state index contributed by atoms with van der Waals surface area (Å²) >= 11 is 0. The minimum absolute atomic E-state index is 0. The summed E-state index contributed by atoms with van der Waals surface area (Å²) in [7, 11) is 2.16. The first-order chi connectivity index (χ1) is 8.54. The quantitative estimate of drug-likeness (QED) is 0.451. The molecule has 0 aromatic heterocycles. The molecular weight excluding hydrogens is 351 g/mol. The van der Waals surface area contributed by atoms with Gasteiger partial charge in [0.15, 0.2) is 5.96 Å². The molecule has 5 heteroatoms. The van der Waals surface area contributed by atoms with E-state index in [1.54, 1.807) is 0 Å². The largest absolute Gasteiger partial charge is 0.370 e.